The number of carbonyl (C=O) groups is 1. The molecule has 2 unspecified atom stereocenters. The minimum Gasteiger partial charge on any atom is -0.487 e. The van der Waals surface area contributed by atoms with E-state index >= 15 is 0 Å². The second-order valence-electron chi connectivity index (χ2n) is 5.20. The molecule has 1 amide bonds. The Morgan fingerprint density at radius 3 is 2.76 bits per heavy atom. The van der Waals surface area contributed by atoms with E-state index in [1.807, 2.05) is 6.92 Å². The fraction of sp³-hybridized carbons (Fsp3) is 0.500. The maximum Gasteiger partial charge on any atom is 0.311 e. The number of nitrogens with two attached hydrogens (primary N) is 1. The van der Waals surface area contributed by atoms with Gasteiger partial charge in [-0.1, -0.05) is 13.0 Å². The van der Waals surface area contributed by atoms with Crippen LogP contribution in [0.25, 0.3) is 0 Å². The highest BCUT2D eigenvalue weighted by Crippen LogP contribution is 2.32. The maximum absolute atomic E-state index is 12.6. The summed E-state index contributed by atoms with van der Waals surface area (Å²) in [5.74, 6) is -0.0340. The van der Waals surface area contributed by atoms with Crippen LogP contribution in [0.5, 0.6) is 5.75 Å². The number of likely N-dealkylation sites (tertiary alicyclic amines) is 1. The summed E-state index contributed by atoms with van der Waals surface area (Å²) < 4.78 is 5.34. The predicted molar refractivity (Wildman–Crippen MR) is 77.3 cm³/mol. The summed E-state index contributed by atoms with van der Waals surface area (Å²) in [6.07, 6.45) is 0. The van der Waals surface area contributed by atoms with Crippen LogP contribution in [0.15, 0.2) is 18.2 Å². The number of ether oxygens (including phenoxy) is 1. The fourth-order valence-electron chi connectivity index (χ4n) is 2.46. The summed E-state index contributed by atoms with van der Waals surface area (Å²) in [5, 5.41) is 11.1. The summed E-state index contributed by atoms with van der Waals surface area (Å²) in [7, 11) is 0. The first-order valence-electron chi connectivity index (χ1n) is 6.90. The molecule has 2 N–H and O–H groups in total. The minimum atomic E-state index is -0.542. The molecule has 21 heavy (non-hydrogen) atoms. The van der Waals surface area contributed by atoms with E-state index in [1.165, 1.54) is 12.1 Å². The zero-order valence-corrected chi connectivity index (χ0v) is 12.1. The predicted octanol–water partition coefficient (Wildman–Crippen LogP) is 1.41. The van der Waals surface area contributed by atoms with Gasteiger partial charge in [0.25, 0.3) is 5.91 Å². The molecule has 1 aromatic carbocycles. The average molecular weight is 293 g/mol. The molecule has 7 nitrogen and oxygen atoms in total. The van der Waals surface area contributed by atoms with Gasteiger partial charge in [0, 0.05) is 25.2 Å². The molecule has 1 aliphatic rings. The second kappa shape index (κ2) is 6.09. The molecule has 2 atom stereocenters. The maximum atomic E-state index is 12.6. The average Bonchev–Trinajstić information content (AvgIpc) is 2.78. The first-order chi connectivity index (χ1) is 9.95. The third-order valence-corrected chi connectivity index (χ3v) is 3.67. The largest absolute Gasteiger partial charge is 0.487 e. The van der Waals surface area contributed by atoms with Gasteiger partial charge in [-0.05, 0) is 18.9 Å². The van der Waals surface area contributed by atoms with E-state index in [1.54, 1.807) is 17.9 Å². The number of hydrogen-bond donors (Lipinski definition) is 1. The summed E-state index contributed by atoms with van der Waals surface area (Å²) in [5.41, 5.74) is 5.95. The number of benzene rings is 1. The zero-order valence-electron chi connectivity index (χ0n) is 12.1. The van der Waals surface area contributed by atoms with Gasteiger partial charge in [0.1, 0.15) is 0 Å². The van der Waals surface area contributed by atoms with Crippen LogP contribution in [0, 0.1) is 16.0 Å². The van der Waals surface area contributed by atoms with E-state index in [-0.39, 0.29) is 41.5 Å². The Labute approximate surface area is 122 Å². The van der Waals surface area contributed by atoms with Crippen molar-refractivity contribution < 1.29 is 14.5 Å². The minimum absolute atomic E-state index is 0.0307. The molecule has 1 heterocycles. The lowest BCUT2D eigenvalue weighted by Gasteiger charge is -2.18. The Hall–Kier alpha value is -2.15. The van der Waals surface area contributed by atoms with Crippen molar-refractivity contribution in [3.05, 3.63) is 33.9 Å². The smallest absolute Gasteiger partial charge is 0.311 e. The number of hydrogen-bond acceptors (Lipinski definition) is 5. The monoisotopic (exact) mass is 293 g/mol. The van der Waals surface area contributed by atoms with E-state index in [0.29, 0.717) is 13.1 Å². The highest BCUT2D eigenvalue weighted by molar-refractivity contribution is 5.98. The van der Waals surface area contributed by atoms with Gasteiger partial charge < -0.3 is 15.4 Å². The van der Waals surface area contributed by atoms with Crippen molar-refractivity contribution in [3.8, 4) is 5.75 Å². The third-order valence-electron chi connectivity index (χ3n) is 3.67. The lowest BCUT2D eigenvalue weighted by atomic mass is 10.1. The molecule has 0 radical (unpaired) electrons. The molecule has 0 spiro atoms. The summed E-state index contributed by atoms with van der Waals surface area (Å²) >= 11 is 0. The molecule has 2 rings (SSSR count). The van der Waals surface area contributed by atoms with Crippen molar-refractivity contribution in [2.45, 2.75) is 19.9 Å². The first kappa shape index (κ1) is 15.2. The molecule has 1 aliphatic heterocycles. The van der Waals surface area contributed by atoms with Gasteiger partial charge in [-0.15, -0.1) is 0 Å². The van der Waals surface area contributed by atoms with Crippen molar-refractivity contribution in [1.29, 1.82) is 0 Å². The van der Waals surface area contributed by atoms with Crippen LogP contribution in [0.1, 0.15) is 24.2 Å². The van der Waals surface area contributed by atoms with Crippen LogP contribution < -0.4 is 10.5 Å². The van der Waals surface area contributed by atoms with Gasteiger partial charge in [0.15, 0.2) is 0 Å². The number of nitro groups is 1. The van der Waals surface area contributed by atoms with E-state index in [9.17, 15) is 14.9 Å². The van der Waals surface area contributed by atoms with Gasteiger partial charge in [-0.2, -0.15) is 0 Å². The topological polar surface area (TPSA) is 98.7 Å². The molecule has 7 heteroatoms. The zero-order chi connectivity index (χ0) is 15.6. The van der Waals surface area contributed by atoms with Crippen LogP contribution >= 0.6 is 0 Å². The SMILES string of the molecule is CCOc1c(C(=O)N2CC(C)C(N)C2)cccc1[N+](=O)[O-]. The van der Waals surface area contributed by atoms with Crippen LogP contribution in [0.4, 0.5) is 5.69 Å². The van der Waals surface area contributed by atoms with Crippen molar-refractivity contribution in [2.24, 2.45) is 11.7 Å². The second-order valence-corrected chi connectivity index (χ2v) is 5.20. The Balaban J connectivity index is 2.36. The summed E-state index contributed by atoms with van der Waals surface area (Å²) in [4.78, 5) is 24.7. The van der Waals surface area contributed by atoms with Crippen LogP contribution in [-0.2, 0) is 0 Å². The Kier molecular flexibility index (Phi) is 4.42. The normalized spacial score (nSPS) is 21.4. The Morgan fingerprint density at radius 1 is 1.52 bits per heavy atom. The van der Waals surface area contributed by atoms with Crippen molar-refractivity contribution in [3.63, 3.8) is 0 Å². The molecule has 0 aromatic heterocycles. The van der Waals surface area contributed by atoms with E-state index in [0.717, 1.165) is 0 Å². The Morgan fingerprint density at radius 2 is 2.24 bits per heavy atom. The molecule has 1 aromatic rings. The number of rotatable bonds is 4. The molecular formula is C14H19N3O4. The number of nitro benzene ring substituents is 1. The quantitative estimate of drug-likeness (QED) is 0.668. The van der Waals surface area contributed by atoms with Crippen molar-refractivity contribution in [1.82, 2.24) is 4.90 Å². The highest BCUT2D eigenvalue weighted by Gasteiger charge is 2.33. The van der Waals surface area contributed by atoms with Gasteiger partial charge >= 0.3 is 5.69 Å². The number of nitrogens with zero attached hydrogens (tertiary/aromatic N) is 2. The standard InChI is InChI=1S/C14H19N3O4/c1-3-21-13-10(5-4-6-12(13)17(19)20)14(18)16-7-9(2)11(15)8-16/h4-6,9,11H,3,7-8,15H2,1-2H3. The lowest BCUT2D eigenvalue weighted by molar-refractivity contribution is -0.385. The molecule has 0 bridgehead atoms. The van der Waals surface area contributed by atoms with Gasteiger partial charge in [-0.3, -0.25) is 14.9 Å². The third kappa shape index (κ3) is 2.97. The molecule has 1 saturated heterocycles. The first-order valence-corrected chi connectivity index (χ1v) is 6.90. The van der Waals surface area contributed by atoms with Gasteiger partial charge in [0.05, 0.1) is 17.1 Å². The van der Waals surface area contributed by atoms with Gasteiger partial charge in [0.2, 0.25) is 5.75 Å². The molecule has 114 valence electrons. The Bertz CT molecular complexity index is 551. The lowest BCUT2D eigenvalue weighted by Crippen LogP contribution is -2.32. The van der Waals surface area contributed by atoms with Crippen LogP contribution in [-0.4, -0.2) is 41.5 Å². The fourth-order valence-corrected chi connectivity index (χ4v) is 2.46. The summed E-state index contributed by atoms with van der Waals surface area (Å²) in [6, 6.07) is 4.31. The number of carbonyl (C=O) groups excluding carboxylic acids is 1. The van der Waals surface area contributed by atoms with E-state index in [2.05, 4.69) is 0 Å². The van der Waals surface area contributed by atoms with Crippen LogP contribution in [0.3, 0.4) is 0 Å². The molecule has 0 saturated carbocycles. The van der Waals surface area contributed by atoms with Crippen LogP contribution in [0.2, 0.25) is 0 Å². The number of amides is 1. The summed E-state index contributed by atoms with van der Waals surface area (Å²) in [6.45, 7) is 4.96. The van der Waals surface area contributed by atoms with E-state index in [4.69, 9.17) is 10.5 Å². The van der Waals surface area contributed by atoms with Gasteiger partial charge in [-0.25, -0.2) is 0 Å². The molecule has 1 fully saturated rings. The number of para-hydroxylation sites is 1. The highest BCUT2D eigenvalue weighted by atomic mass is 16.6. The molecule has 0 aliphatic carbocycles. The van der Waals surface area contributed by atoms with Crippen molar-refractivity contribution in [2.75, 3.05) is 19.7 Å². The molecular weight excluding hydrogens is 274 g/mol. The van der Waals surface area contributed by atoms with E-state index < -0.39 is 4.92 Å². The van der Waals surface area contributed by atoms with Crippen molar-refractivity contribution >= 4 is 11.6 Å².